The third kappa shape index (κ3) is 3.14. The summed E-state index contributed by atoms with van der Waals surface area (Å²) in [6.07, 6.45) is 0. The molecule has 29 heavy (non-hydrogen) atoms. The Balaban J connectivity index is 1.48. The number of fused-ring (bicyclic) bond motifs is 1. The summed E-state index contributed by atoms with van der Waals surface area (Å²) in [5.41, 5.74) is 3.65. The zero-order chi connectivity index (χ0) is 20.1. The second-order valence-corrected chi connectivity index (χ2v) is 8.88. The zero-order valence-electron chi connectivity index (χ0n) is 16.3. The highest BCUT2D eigenvalue weighted by molar-refractivity contribution is 7.26. The van der Waals surface area contributed by atoms with E-state index in [1.165, 1.54) is 0 Å². The molecule has 5 rings (SSSR count). The van der Waals surface area contributed by atoms with Gasteiger partial charge < -0.3 is 13.8 Å². The summed E-state index contributed by atoms with van der Waals surface area (Å²) in [5, 5.41) is 8.97. The summed E-state index contributed by atoms with van der Waals surface area (Å²) in [4.78, 5) is 7.06. The molecule has 0 aliphatic rings. The number of thiazole rings is 1. The molecule has 4 aromatic heterocycles. The van der Waals surface area contributed by atoms with Crippen molar-refractivity contribution in [2.24, 2.45) is 0 Å². The van der Waals surface area contributed by atoms with Gasteiger partial charge in [0.25, 0.3) is 0 Å². The molecular weight excluding hydrogens is 406 g/mol. The Morgan fingerprint density at radius 3 is 2.31 bits per heavy atom. The number of aromatic nitrogens is 3. The molecule has 0 radical (unpaired) electrons. The van der Waals surface area contributed by atoms with Crippen molar-refractivity contribution in [3.8, 4) is 31.8 Å². The fourth-order valence-electron chi connectivity index (χ4n) is 3.23. The van der Waals surface area contributed by atoms with Crippen LogP contribution in [0.5, 0.6) is 11.5 Å². The monoisotopic (exact) mass is 423 g/mol. The summed E-state index contributed by atoms with van der Waals surface area (Å²) in [5.74, 6) is 2.90. The summed E-state index contributed by atoms with van der Waals surface area (Å²) < 4.78 is 17.5. The smallest absolute Gasteiger partial charge is 0.192 e. The van der Waals surface area contributed by atoms with Crippen LogP contribution in [0.15, 0.2) is 39.4 Å². The first-order chi connectivity index (χ1) is 14.0. The first-order valence-corrected chi connectivity index (χ1v) is 10.7. The van der Waals surface area contributed by atoms with Crippen LogP contribution >= 0.6 is 22.7 Å². The van der Waals surface area contributed by atoms with Gasteiger partial charge in [-0.05, 0) is 45.0 Å². The second kappa shape index (κ2) is 6.82. The summed E-state index contributed by atoms with van der Waals surface area (Å²) >= 11 is 3.34. The fourth-order valence-corrected chi connectivity index (χ4v) is 5.43. The molecule has 0 bridgehead atoms. The van der Waals surface area contributed by atoms with Gasteiger partial charge in [0.1, 0.15) is 22.2 Å². The van der Waals surface area contributed by atoms with Crippen LogP contribution < -0.4 is 4.74 Å². The van der Waals surface area contributed by atoms with Crippen LogP contribution in [0.25, 0.3) is 30.5 Å². The Morgan fingerprint density at radius 2 is 1.59 bits per heavy atom. The number of hydrogen-bond acceptors (Lipinski definition) is 8. The Morgan fingerprint density at radius 1 is 0.828 bits per heavy atom. The fraction of sp³-hybridized carbons (Fsp3) is 0.190. The van der Waals surface area contributed by atoms with E-state index in [9.17, 15) is 0 Å². The molecule has 0 N–H and O–H groups in total. The van der Waals surface area contributed by atoms with Gasteiger partial charge in [-0.3, -0.25) is 0 Å². The first kappa shape index (κ1) is 18.1. The summed E-state index contributed by atoms with van der Waals surface area (Å²) in [7, 11) is 0. The minimum atomic E-state index is 0.663. The average molecular weight is 424 g/mol. The van der Waals surface area contributed by atoms with Crippen molar-refractivity contribution >= 4 is 32.9 Å². The molecule has 4 heterocycles. The predicted octanol–water partition coefficient (Wildman–Crippen LogP) is 6.69. The van der Waals surface area contributed by atoms with Crippen molar-refractivity contribution in [3.05, 3.63) is 53.2 Å². The van der Waals surface area contributed by atoms with Gasteiger partial charge in [-0.15, -0.1) is 22.7 Å². The van der Waals surface area contributed by atoms with E-state index in [0.29, 0.717) is 11.5 Å². The van der Waals surface area contributed by atoms with E-state index in [4.69, 9.17) is 18.8 Å². The van der Waals surface area contributed by atoms with E-state index < -0.39 is 0 Å². The van der Waals surface area contributed by atoms with E-state index in [1.54, 1.807) is 22.7 Å². The standard InChI is InChI=1S/C21H17N3O3S2/c1-10-19(12(3)26-23-10)16-7-8-17(28-16)21-22-15-6-5-14(9-18(15)29-21)25-20-11(2)24-27-13(20)4/h5-9H,1-4H3. The van der Waals surface area contributed by atoms with E-state index in [1.807, 2.05) is 45.9 Å². The lowest BCUT2D eigenvalue weighted by Crippen LogP contribution is -1.86. The molecule has 0 atom stereocenters. The lowest BCUT2D eigenvalue weighted by Gasteiger charge is -2.03. The number of rotatable bonds is 4. The first-order valence-electron chi connectivity index (χ1n) is 9.04. The molecule has 0 fully saturated rings. The topological polar surface area (TPSA) is 74.2 Å². The Labute approximate surface area is 174 Å². The van der Waals surface area contributed by atoms with E-state index in [2.05, 4.69) is 22.4 Å². The van der Waals surface area contributed by atoms with Crippen LogP contribution in [0.1, 0.15) is 22.9 Å². The quantitative estimate of drug-likeness (QED) is 0.320. The molecule has 6 nitrogen and oxygen atoms in total. The molecule has 0 spiro atoms. The van der Waals surface area contributed by atoms with Crippen molar-refractivity contribution in [3.63, 3.8) is 0 Å². The molecule has 0 saturated carbocycles. The summed E-state index contributed by atoms with van der Waals surface area (Å²) in [6, 6.07) is 10.1. The van der Waals surface area contributed by atoms with Crippen LogP contribution in [-0.4, -0.2) is 15.3 Å². The van der Waals surface area contributed by atoms with Crippen molar-refractivity contribution in [2.75, 3.05) is 0 Å². The van der Waals surface area contributed by atoms with Crippen molar-refractivity contribution in [1.82, 2.24) is 15.3 Å². The number of benzene rings is 1. The normalized spacial score (nSPS) is 11.4. The number of aryl methyl sites for hydroxylation is 4. The second-order valence-electron chi connectivity index (χ2n) is 6.77. The van der Waals surface area contributed by atoms with E-state index in [-0.39, 0.29) is 0 Å². The lowest BCUT2D eigenvalue weighted by atomic mass is 10.2. The van der Waals surface area contributed by atoms with E-state index in [0.717, 1.165) is 53.4 Å². The lowest BCUT2D eigenvalue weighted by molar-refractivity contribution is 0.384. The average Bonchev–Trinajstić information content (AvgIpc) is 3.46. The Hall–Kier alpha value is -2.97. The molecule has 0 saturated heterocycles. The van der Waals surface area contributed by atoms with Crippen LogP contribution in [0.4, 0.5) is 0 Å². The minimum absolute atomic E-state index is 0.663. The third-order valence-corrected chi connectivity index (χ3v) is 6.93. The van der Waals surface area contributed by atoms with Crippen LogP contribution in [0, 0.1) is 27.7 Å². The van der Waals surface area contributed by atoms with Gasteiger partial charge in [0, 0.05) is 17.9 Å². The number of ether oxygens (including phenoxy) is 1. The number of nitrogens with zero attached hydrogens (tertiary/aromatic N) is 3. The van der Waals surface area contributed by atoms with Crippen molar-refractivity contribution in [2.45, 2.75) is 27.7 Å². The highest BCUT2D eigenvalue weighted by Gasteiger charge is 2.17. The molecule has 146 valence electrons. The Kier molecular flexibility index (Phi) is 4.25. The maximum absolute atomic E-state index is 5.99. The summed E-state index contributed by atoms with van der Waals surface area (Å²) in [6.45, 7) is 7.60. The van der Waals surface area contributed by atoms with Gasteiger partial charge in [-0.2, -0.15) is 0 Å². The maximum Gasteiger partial charge on any atom is 0.192 e. The van der Waals surface area contributed by atoms with Gasteiger partial charge in [-0.1, -0.05) is 10.3 Å². The van der Waals surface area contributed by atoms with Crippen molar-refractivity contribution < 1.29 is 13.8 Å². The van der Waals surface area contributed by atoms with Gasteiger partial charge >= 0.3 is 0 Å². The van der Waals surface area contributed by atoms with Gasteiger partial charge in [0.2, 0.25) is 0 Å². The maximum atomic E-state index is 5.99. The molecule has 0 amide bonds. The molecule has 0 aliphatic heterocycles. The highest BCUT2D eigenvalue weighted by Crippen LogP contribution is 2.41. The van der Waals surface area contributed by atoms with E-state index >= 15 is 0 Å². The third-order valence-electron chi connectivity index (χ3n) is 4.64. The predicted molar refractivity (Wildman–Crippen MR) is 114 cm³/mol. The molecule has 5 aromatic rings. The van der Waals surface area contributed by atoms with Gasteiger partial charge in [-0.25, -0.2) is 4.98 Å². The molecule has 1 aromatic carbocycles. The molecule has 0 unspecified atom stereocenters. The molecule has 8 heteroatoms. The molecular formula is C21H17N3O3S2. The van der Waals surface area contributed by atoms with Crippen LogP contribution in [0.2, 0.25) is 0 Å². The van der Waals surface area contributed by atoms with Crippen LogP contribution in [-0.2, 0) is 0 Å². The van der Waals surface area contributed by atoms with Crippen LogP contribution in [0.3, 0.4) is 0 Å². The SMILES string of the molecule is Cc1noc(C)c1Oc1ccc2nc(-c3ccc(-c4c(C)noc4C)s3)sc2c1. The number of thiophene rings is 1. The zero-order valence-corrected chi connectivity index (χ0v) is 17.9. The van der Waals surface area contributed by atoms with Gasteiger partial charge in [0.15, 0.2) is 11.5 Å². The van der Waals surface area contributed by atoms with Crippen molar-refractivity contribution in [1.29, 1.82) is 0 Å². The van der Waals surface area contributed by atoms with Gasteiger partial charge in [0.05, 0.1) is 26.4 Å². The molecule has 0 aliphatic carbocycles. The highest BCUT2D eigenvalue weighted by atomic mass is 32.1. The largest absolute Gasteiger partial charge is 0.452 e. The number of hydrogen-bond donors (Lipinski definition) is 0. The minimum Gasteiger partial charge on any atom is -0.452 e. The Bertz CT molecular complexity index is 1300.